The first-order valence-corrected chi connectivity index (χ1v) is 11.2. The molecule has 0 aliphatic heterocycles. The summed E-state index contributed by atoms with van der Waals surface area (Å²) in [5.41, 5.74) is 1.71. The van der Waals surface area contributed by atoms with Crippen LogP contribution in [0.15, 0.2) is 72.8 Å². The van der Waals surface area contributed by atoms with E-state index < -0.39 is 6.03 Å². The molecule has 0 saturated carbocycles. The molecular formula is C26H30N4O4. The van der Waals surface area contributed by atoms with Gasteiger partial charge in [0.1, 0.15) is 17.2 Å². The lowest BCUT2D eigenvalue weighted by molar-refractivity contribution is 0.0949. The monoisotopic (exact) mass is 462 g/mol. The number of carbonyl (C=O) groups excluding carboxylic acids is 2. The van der Waals surface area contributed by atoms with Gasteiger partial charge in [-0.15, -0.1) is 0 Å². The predicted molar refractivity (Wildman–Crippen MR) is 134 cm³/mol. The lowest BCUT2D eigenvalue weighted by Gasteiger charge is -2.18. The molecule has 0 fully saturated rings. The Morgan fingerprint density at radius 3 is 1.82 bits per heavy atom. The Morgan fingerprint density at radius 2 is 1.29 bits per heavy atom. The third kappa shape index (κ3) is 7.53. The van der Waals surface area contributed by atoms with Crippen molar-refractivity contribution in [1.29, 1.82) is 0 Å². The van der Waals surface area contributed by atoms with Gasteiger partial charge in [-0.05, 0) is 85.9 Å². The van der Waals surface area contributed by atoms with Crippen LogP contribution in [0, 0.1) is 0 Å². The summed E-state index contributed by atoms with van der Waals surface area (Å²) >= 11 is 0. The highest BCUT2D eigenvalue weighted by molar-refractivity contribution is 6.00. The van der Waals surface area contributed by atoms with Crippen molar-refractivity contribution in [1.82, 2.24) is 10.2 Å². The van der Waals surface area contributed by atoms with E-state index in [4.69, 9.17) is 4.74 Å². The second-order valence-corrected chi connectivity index (χ2v) is 7.56. The van der Waals surface area contributed by atoms with Crippen LogP contribution in [-0.4, -0.2) is 48.1 Å². The number of phenols is 1. The number of ether oxygens (including phenoxy) is 1. The Kier molecular flexibility index (Phi) is 8.88. The summed E-state index contributed by atoms with van der Waals surface area (Å²) < 4.78 is 5.69. The van der Waals surface area contributed by atoms with Crippen LogP contribution in [0.3, 0.4) is 0 Å². The van der Waals surface area contributed by atoms with Crippen LogP contribution in [-0.2, 0) is 0 Å². The minimum absolute atomic E-state index is 0.141. The van der Waals surface area contributed by atoms with Gasteiger partial charge < -0.3 is 30.7 Å². The maximum absolute atomic E-state index is 12.3. The number of phenolic OH excluding ortho intramolecular Hbond substituents is 1. The normalized spacial score (nSPS) is 10.6. The maximum atomic E-state index is 12.3. The third-order valence-corrected chi connectivity index (χ3v) is 5.20. The molecule has 3 aromatic rings. The van der Waals surface area contributed by atoms with E-state index in [0.29, 0.717) is 35.0 Å². The molecule has 4 N–H and O–H groups in total. The largest absolute Gasteiger partial charge is 0.508 e. The van der Waals surface area contributed by atoms with Crippen LogP contribution < -0.4 is 20.7 Å². The second-order valence-electron chi connectivity index (χ2n) is 7.56. The van der Waals surface area contributed by atoms with Crippen molar-refractivity contribution in [3.05, 3.63) is 78.4 Å². The molecule has 0 radical (unpaired) electrons. The smallest absolute Gasteiger partial charge is 0.323 e. The lowest BCUT2D eigenvalue weighted by Crippen LogP contribution is -2.34. The van der Waals surface area contributed by atoms with Gasteiger partial charge in [-0.1, -0.05) is 13.8 Å². The Labute approximate surface area is 199 Å². The SMILES string of the molecule is CCN(CC)CCNC(=O)c1ccc(NC(=O)Nc2ccc(Oc3ccc(O)cc3)cc2)cc1. The molecule has 3 amide bonds. The molecule has 0 unspecified atom stereocenters. The molecule has 178 valence electrons. The number of rotatable bonds is 10. The minimum Gasteiger partial charge on any atom is -0.508 e. The van der Waals surface area contributed by atoms with Crippen molar-refractivity contribution in [2.45, 2.75) is 13.8 Å². The zero-order valence-corrected chi connectivity index (χ0v) is 19.4. The third-order valence-electron chi connectivity index (χ3n) is 5.20. The lowest BCUT2D eigenvalue weighted by atomic mass is 10.2. The fourth-order valence-electron chi connectivity index (χ4n) is 3.22. The van der Waals surface area contributed by atoms with Gasteiger partial charge in [0.25, 0.3) is 5.91 Å². The van der Waals surface area contributed by atoms with Gasteiger partial charge in [-0.25, -0.2) is 4.79 Å². The minimum atomic E-state index is -0.399. The molecule has 34 heavy (non-hydrogen) atoms. The molecule has 8 nitrogen and oxygen atoms in total. The molecule has 0 aliphatic carbocycles. The summed E-state index contributed by atoms with van der Waals surface area (Å²) in [6, 6.07) is 19.7. The number of anilines is 2. The molecule has 3 rings (SSSR count). The van der Waals surface area contributed by atoms with Gasteiger partial charge in [-0.2, -0.15) is 0 Å². The van der Waals surface area contributed by atoms with Gasteiger partial charge in [0.2, 0.25) is 0 Å². The quantitative estimate of drug-likeness (QED) is 0.343. The zero-order chi connectivity index (χ0) is 24.3. The fraction of sp³-hybridized carbons (Fsp3) is 0.231. The summed E-state index contributed by atoms with van der Waals surface area (Å²) in [7, 11) is 0. The first kappa shape index (κ1) is 24.6. The molecule has 0 bridgehead atoms. The fourth-order valence-corrected chi connectivity index (χ4v) is 3.22. The van der Waals surface area contributed by atoms with Gasteiger partial charge in [-0.3, -0.25) is 4.79 Å². The second kappa shape index (κ2) is 12.3. The first-order valence-electron chi connectivity index (χ1n) is 11.2. The van der Waals surface area contributed by atoms with E-state index in [0.717, 1.165) is 19.6 Å². The highest BCUT2D eigenvalue weighted by Gasteiger charge is 2.08. The van der Waals surface area contributed by atoms with Gasteiger partial charge in [0.05, 0.1) is 0 Å². The Bertz CT molecular complexity index is 1060. The molecule has 3 aromatic carbocycles. The summed E-state index contributed by atoms with van der Waals surface area (Å²) in [6.07, 6.45) is 0. The molecule has 0 spiro atoms. The van der Waals surface area contributed by atoms with E-state index in [9.17, 15) is 14.7 Å². The number of amides is 3. The van der Waals surface area contributed by atoms with Crippen molar-refractivity contribution in [2.75, 3.05) is 36.8 Å². The average molecular weight is 463 g/mol. The molecular weight excluding hydrogens is 432 g/mol. The summed E-state index contributed by atoms with van der Waals surface area (Å²) in [5, 5.41) is 17.7. The predicted octanol–water partition coefficient (Wildman–Crippen LogP) is 4.90. The number of likely N-dealkylation sites (N-methyl/N-ethyl adjacent to an activating group) is 1. The van der Waals surface area contributed by atoms with Crippen LogP contribution in [0.25, 0.3) is 0 Å². The topological polar surface area (TPSA) is 103 Å². The average Bonchev–Trinajstić information content (AvgIpc) is 2.85. The Balaban J connectivity index is 1.46. The number of hydrogen-bond acceptors (Lipinski definition) is 5. The summed E-state index contributed by atoms with van der Waals surface area (Å²) in [4.78, 5) is 26.8. The van der Waals surface area contributed by atoms with Crippen LogP contribution in [0.5, 0.6) is 17.2 Å². The Morgan fingerprint density at radius 1 is 0.794 bits per heavy atom. The zero-order valence-electron chi connectivity index (χ0n) is 19.4. The number of nitrogens with one attached hydrogen (secondary N) is 3. The molecule has 0 heterocycles. The van der Waals surface area contributed by atoms with E-state index in [2.05, 4.69) is 34.7 Å². The molecule has 0 saturated heterocycles. The summed E-state index contributed by atoms with van der Waals surface area (Å²) in [5.74, 6) is 1.22. The van der Waals surface area contributed by atoms with E-state index in [-0.39, 0.29) is 11.7 Å². The highest BCUT2D eigenvalue weighted by Crippen LogP contribution is 2.24. The van der Waals surface area contributed by atoms with Gasteiger partial charge in [0.15, 0.2) is 0 Å². The number of carbonyl (C=O) groups is 2. The molecule has 0 aromatic heterocycles. The van der Waals surface area contributed by atoms with Crippen molar-refractivity contribution < 1.29 is 19.4 Å². The van der Waals surface area contributed by atoms with Crippen LogP contribution in [0.1, 0.15) is 24.2 Å². The molecule has 0 aliphatic rings. The van der Waals surface area contributed by atoms with Crippen molar-refractivity contribution in [3.8, 4) is 17.2 Å². The van der Waals surface area contributed by atoms with Crippen LogP contribution >= 0.6 is 0 Å². The number of urea groups is 1. The van der Waals surface area contributed by atoms with Gasteiger partial charge in [0, 0.05) is 30.0 Å². The van der Waals surface area contributed by atoms with Gasteiger partial charge >= 0.3 is 6.03 Å². The standard InChI is InChI=1S/C26H30N4O4/c1-3-30(4-2)18-17-27-25(32)19-5-7-20(8-6-19)28-26(33)29-21-9-13-23(14-10-21)34-24-15-11-22(31)12-16-24/h5-16,31H,3-4,17-18H2,1-2H3,(H,27,32)(H2,28,29,33). The maximum Gasteiger partial charge on any atom is 0.323 e. The Hall–Kier alpha value is -4.04. The van der Waals surface area contributed by atoms with E-state index in [1.807, 2.05) is 0 Å². The van der Waals surface area contributed by atoms with Crippen molar-refractivity contribution in [2.24, 2.45) is 0 Å². The van der Waals surface area contributed by atoms with E-state index >= 15 is 0 Å². The van der Waals surface area contributed by atoms with E-state index in [1.54, 1.807) is 72.8 Å². The molecule has 8 heteroatoms. The molecule has 0 atom stereocenters. The van der Waals surface area contributed by atoms with Crippen molar-refractivity contribution in [3.63, 3.8) is 0 Å². The van der Waals surface area contributed by atoms with E-state index in [1.165, 1.54) is 0 Å². The van der Waals surface area contributed by atoms with Crippen LogP contribution in [0.4, 0.5) is 16.2 Å². The summed E-state index contributed by atoms with van der Waals surface area (Å²) in [6.45, 7) is 7.48. The van der Waals surface area contributed by atoms with Crippen molar-refractivity contribution >= 4 is 23.3 Å². The highest BCUT2D eigenvalue weighted by atomic mass is 16.5. The number of hydrogen-bond donors (Lipinski definition) is 4. The number of benzene rings is 3. The van der Waals surface area contributed by atoms with Crippen LogP contribution in [0.2, 0.25) is 0 Å². The number of aromatic hydroxyl groups is 1. The first-order chi connectivity index (χ1) is 16.5. The number of nitrogens with zero attached hydrogens (tertiary/aromatic N) is 1.